The first-order valence-corrected chi connectivity index (χ1v) is 11.0. The highest BCUT2D eigenvalue weighted by atomic mass is 32.1. The maximum absolute atomic E-state index is 12.3. The minimum absolute atomic E-state index is 0.0532. The van der Waals surface area contributed by atoms with E-state index in [-0.39, 0.29) is 24.2 Å². The molecule has 8 heteroatoms. The number of anilines is 1. The third-order valence-electron chi connectivity index (χ3n) is 5.66. The average Bonchev–Trinajstić information content (AvgIpc) is 3.14. The highest BCUT2D eigenvalue weighted by Crippen LogP contribution is 2.44. The molecule has 1 amide bonds. The van der Waals surface area contributed by atoms with Gasteiger partial charge in [-0.25, -0.2) is 4.79 Å². The molecule has 0 bridgehead atoms. The van der Waals surface area contributed by atoms with Gasteiger partial charge in [-0.3, -0.25) is 0 Å². The van der Waals surface area contributed by atoms with Crippen LogP contribution in [0.2, 0.25) is 0 Å². The van der Waals surface area contributed by atoms with Crippen molar-refractivity contribution >= 4 is 29.1 Å². The van der Waals surface area contributed by atoms with Crippen LogP contribution in [-0.2, 0) is 4.74 Å². The van der Waals surface area contributed by atoms with Crippen molar-refractivity contribution in [1.82, 2.24) is 5.32 Å². The predicted molar refractivity (Wildman–Crippen MR) is 131 cm³/mol. The number of hydrogen-bond acceptors (Lipinski definition) is 5. The number of nitrogens with one attached hydrogen (secondary N) is 2. The number of aliphatic hydroxyl groups is 2. The number of nitrogens with two attached hydrogens (primary N) is 1. The van der Waals surface area contributed by atoms with E-state index in [2.05, 4.69) is 22.8 Å². The Bertz CT molecular complexity index is 1120. The monoisotopic (exact) mass is 463 g/mol. The van der Waals surface area contributed by atoms with E-state index in [1.807, 2.05) is 36.4 Å². The first-order chi connectivity index (χ1) is 15.9. The van der Waals surface area contributed by atoms with Crippen molar-refractivity contribution in [3.05, 3.63) is 89.5 Å². The molecule has 2 unspecified atom stereocenters. The van der Waals surface area contributed by atoms with Gasteiger partial charge in [-0.1, -0.05) is 60.7 Å². The van der Waals surface area contributed by atoms with Crippen LogP contribution in [0.5, 0.6) is 0 Å². The smallest absolute Gasteiger partial charge is 0.407 e. The van der Waals surface area contributed by atoms with E-state index in [0.717, 1.165) is 22.3 Å². The Morgan fingerprint density at radius 2 is 1.64 bits per heavy atom. The lowest BCUT2D eigenvalue weighted by molar-refractivity contribution is 0.0186. The topological polar surface area (TPSA) is 117 Å². The molecule has 0 heterocycles. The van der Waals surface area contributed by atoms with E-state index in [1.165, 1.54) is 0 Å². The minimum atomic E-state index is -1.23. The summed E-state index contributed by atoms with van der Waals surface area (Å²) in [6.07, 6.45) is -3.11. The Morgan fingerprint density at radius 3 is 2.27 bits per heavy atom. The first kappa shape index (κ1) is 22.7. The van der Waals surface area contributed by atoms with Gasteiger partial charge >= 0.3 is 6.09 Å². The number of thiocarbonyl (C=S) groups is 1. The van der Waals surface area contributed by atoms with Gasteiger partial charge in [-0.15, -0.1) is 0 Å². The quantitative estimate of drug-likeness (QED) is 0.342. The van der Waals surface area contributed by atoms with Crippen molar-refractivity contribution in [2.24, 2.45) is 5.73 Å². The number of ether oxygens (including phenoxy) is 1. The van der Waals surface area contributed by atoms with Crippen LogP contribution in [-0.4, -0.2) is 40.7 Å². The highest BCUT2D eigenvalue weighted by Gasteiger charge is 2.29. The van der Waals surface area contributed by atoms with E-state index in [4.69, 9.17) is 22.7 Å². The molecule has 0 saturated carbocycles. The molecular weight excluding hydrogens is 438 g/mol. The normalized spacial score (nSPS) is 14.0. The van der Waals surface area contributed by atoms with Crippen LogP contribution in [0.3, 0.4) is 0 Å². The summed E-state index contributed by atoms with van der Waals surface area (Å²) < 4.78 is 5.46. The fraction of sp³-hybridized carbons (Fsp3) is 0.200. The number of carbonyl (C=O) groups excluding carboxylic acids is 1. The summed E-state index contributed by atoms with van der Waals surface area (Å²) in [7, 11) is 0. The minimum Gasteiger partial charge on any atom is -0.449 e. The van der Waals surface area contributed by atoms with Crippen LogP contribution in [0.1, 0.15) is 28.7 Å². The number of fused-ring (bicyclic) bond motifs is 3. The van der Waals surface area contributed by atoms with Gasteiger partial charge in [0.25, 0.3) is 0 Å². The highest BCUT2D eigenvalue weighted by molar-refractivity contribution is 7.80. The molecule has 1 aliphatic rings. The molecule has 2 atom stereocenters. The number of rotatable bonds is 7. The van der Waals surface area contributed by atoms with Crippen molar-refractivity contribution in [3.63, 3.8) is 0 Å². The summed E-state index contributed by atoms with van der Waals surface area (Å²) in [6.45, 7) is -0.00395. The van der Waals surface area contributed by atoms with Crippen molar-refractivity contribution < 1.29 is 19.7 Å². The van der Waals surface area contributed by atoms with Gasteiger partial charge in [0.05, 0.1) is 0 Å². The molecule has 0 spiro atoms. The molecule has 4 rings (SSSR count). The van der Waals surface area contributed by atoms with Crippen LogP contribution in [0.25, 0.3) is 11.1 Å². The molecule has 0 fully saturated rings. The second-order valence-electron chi connectivity index (χ2n) is 7.83. The largest absolute Gasteiger partial charge is 0.449 e. The zero-order valence-electron chi connectivity index (χ0n) is 17.8. The molecule has 170 valence electrons. The van der Waals surface area contributed by atoms with Crippen molar-refractivity contribution in [2.45, 2.75) is 18.1 Å². The Morgan fingerprint density at radius 1 is 1.00 bits per heavy atom. The number of aliphatic hydroxyl groups excluding tert-OH is 2. The van der Waals surface area contributed by atoms with Crippen molar-refractivity contribution in [3.8, 4) is 11.1 Å². The van der Waals surface area contributed by atoms with Gasteiger partial charge in [0.1, 0.15) is 18.8 Å². The van der Waals surface area contributed by atoms with Gasteiger partial charge in [0, 0.05) is 18.2 Å². The zero-order chi connectivity index (χ0) is 23.4. The summed E-state index contributed by atoms with van der Waals surface area (Å²) in [5, 5.41) is 26.2. The standard InChI is InChI=1S/C25H25N3O4S/c26-24(33)28-16-7-5-6-15(12-16)23(30)22(29)13-27-25(31)32-14-21-19-10-3-1-8-17(19)18-9-2-4-11-20(18)21/h1-12,21-23,29-30H,13-14H2,(H,27,31)(H3,26,28,33). The maximum atomic E-state index is 12.3. The van der Waals surface area contributed by atoms with E-state index < -0.39 is 18.3 Å². The van der Waals surface area contributed by atoms with Crippen LogP contribution in [0, 0.1) is 0 Å². The average molecular weight is 464 g/mol. The van der Waals surface area contributed by atoms with Gasteiger partial charge in [-0.05, 0) is 52.2 Å². The molecule has 1 aliphatic carbocycles. The zero-order valence-corrected chi connectivity index (χ0v) is 18.6. The molecule has 0 aromatic heterocycles. The van der Waals surface area contributed by atoms with Crippen molar-refractivity contribution in [2.75, 3.05) is 18.5 Å². The Balaban J connectivity index is 1.32. The third-order valence-corrected chi connectivity index (χ3v) is 5.76. The second kappa shape index (κ2) is 9.99. The third kappa shape index (κ3) is 5.14. The Kier molecular flexibility index (Phi) is 6.88. The Labute approximate surface area is 197 Å². The summed E-state index contributed by atoms with van der Waals surface area (Å²) >= 11 is 4.81. The van der Waals surface area contributed by atoms with Gasteiger partial charge in [0.15, 0.2) is 5.11 Å². The van der Waals surface area contributed by atoms with Gasteiger partial charge in [0.2, 0.25) is 0 Å². The molecule has 6 N–H and O–H groups in total. The molecular formula is C25H25N3O4S. The van der Waals surface area contributed by atoms with Crippen LogP contribution < -0.4 is 16.4 Å². The lowest BCUT2D eigenvalue weighted by Crippen LogP contribution is -2.36. The van der Waals surface area contributed by atoms with E-state index in [1.54, 1.807) is 24.3 Å². The second-order valence-corrected chi connectivity index (χ2v) is 8.27. The summed E-state index contributed by atoms with van der Waals surface area (Å²) in [5.41, 5.74) is 11.0. The molecule has 0 saturated heterocycles. The number of amides is 1. The van der Waals surface area contributed by atoms with Gasteiger partial charge < -0.3 is 31.3 Å². The molecule has 0 aliphatic heterocycles. The number of benzene rings is 3. The summed E-state index contributed by atoms with van der Waals surface area (Å²) in [4.78, 5) is 12.3. The molecule has 3 aromatic rings. The van der Waals surface area contributed by atoms with Crippen LogP contribution >= 0.6 is 12.2 Å². The van der Waals surface area contributed by atoms with Crippen LogP contribution in [0.15, 0.2) is 72.8 Å². The maximum Gasteiger partial charge on any atom is 0.407 e. The van der Waals surface area contributed by atoms with Crippen molar-refractivity contribution in [1.29, 1.82) is 0 Å². The molecule has 7 nitrogen and oxygen atoms in total. The molecule has 0 radical (unpaired) electrons. The lowest BCUT2D eigenvalue weighted by atomic mass is 9.98. The Hall–Kier alpha value is -3.46. The number of hydrogen-bond donors (Lipinski definition) is 5. The molecule has 3 aromatic carbocycles. The SMILES string of the molecule is NC(=S)Nc1cccc(C(O)C(O)CNC(=O)OCC2c3ccccc3-c3ccccc32)c1. The first-order valence-electron chi connectivity index (χ1n) is 10.6. The van der Waals surface area contributed by atoms with Gasteiger partial charge in [-0.2, -0.15) is 0 Å². The fourth-order valence-corrected chi connectivity index (χ4v) is 4.23. The van der Waals surface area contributed by atoms with Crippen LogP contribution in [0.4, 0.5) is 10.5 Å². The summed E-state index contributed by atoms with van der Waals surface area (Å²) in [6, 6.07) is 22.9. The predicted octanol–water partition coefficient (Wildman–Crippen LogP) is 3.28. The van der Waals surface area contributed by atoms with E-state index in [0.29, 0.717) is 11.3 Å². The number of carbonyl (C=O) groups is 1. The fourth-order valence-electron chi connectivity index (χ4n) is 4.11. The van der Waals surface area contributed by atoms with E-state index in [9.17, 15) is 15.0 Å². The number of alkyl carbamates (subject to hydrolysis) is 1. The summed E-state index contributed by atoms with van der Waals surface area (Å²) in [5.74, 6) is -0.0532. The lowest BCUT2D eigenvalue weighted by Gasteiger charge is -2.20. The van der Waals surface area contributed by atoms with E-state index >= 15 is 0 Å². The molecule has 33 heavy (non-hydrogen) atoms.